The number of benzene rings is 3. The Bertz CT molecular complexity index is 2000. The van der Waals surface area contributed by atoms with E-state index in [-0.39, 0.29) is 33.7 Å². The number of hydrogen-bond donors (Lipinski definition) is 0. The normalized spacial score (nSPS) is 18.0. The Morgan fingerprint density at radius 3 is 2.42 bits per heavy atom. The molecule has 52 heavy (non-hydrogen) atoms. The van der Waals surface area contributed by atoms with Gasteiger partial charge in [-0.05, 0) is 84.5 Å². The van der Waals surface area contributed by atoms with Gasteiger partial charge in [-0.1, -0.05) is 62.0 Å². The molecule has 2 heterocycles. The number of methoxy groups -OCH3 is 1. The zero-order valence-electron chi connectivity index (χ0n) is 28.5. The summed E-state index contributed by atoms with van der Waals surface area (Å²) in [5.41, 5.74) is 2.42. The highest BCUT2D eigenvalue weighted by atomic mass is 32.2. The molecule has 16 heteroatoms. The number of carbonyl (C=O) groups excluding carboxylic acids is 2. The van der Waals surface area contributed by atoms with Crippen LogP contribution in [0, 0.1) is 6.92 Å². The third-order valence-electron chi connectivity index (χ3n) is 8.06. The average Bonchev–Trinajstić information content (AvgIpc) is 3.69. The number of aromatic nitrogens is 3. The molecule has 1 saturated carbocycles. The van der Waals surface area contributed by atoms with Gasteiger partial charge in [0, 0.05) is 17.2 Å². The van der Waals surface area contributed by atoms with Crippen LogP contribution in [0.5, 0.6) is 5.75 Å². The number of rotatable bonds is 10. The molecule has 272 valence electrons. The van der Waals surface area contributed by atoms with Crippen molar-refractivity contribution < 1.29 is 36.6 Å². The lowest BCUT2D eigenvalue weighted by atomic mass is 9.99. The number of nitrogens with zero attached hydrogens (tertiary/aromatic N) is 6. The van der Waals surface area contributed by atoms with Crippen molar-refractivity contribution in [3.05, 3.63) is 89.7 Å². The first kappa shape index (κ1) is 37.1. The summed E-state index contributed by atoms with van der Waals surface area (Å²) in [6.45, 7) is 5.90. The molecule has 1 saturated heterocycles. The summed E-state index contributed by atoms with van der Waals surface area (Å²) in [4.78, 5) is 41.3. The lowest BCUT2D eigenvalue weighted by Gasteiger charge is -2.22. The molecule has 0 radical (unpaired) electrons. The van der Waals surface area contributed by atoms with Gasteiger partial charge in [0.1, 0.15) is 12.1 Å². The molecule has 2 unspecified atom stereocenters. The van der Waals surface area contributed by atoms with Crippen LogP contribution in [-0.2, 0) is 20.7 Å². The molecule has 2 fully saturated rings. The van der Waals surface area contributed by atoms with E-state index in [0.717, 1.165) is 29.5 Å². The van der Waals surface area contributed by atoms with Crippen LogP contribution in [0.15, 0.2) is 83.0 Å². The first-order valence-corrected chi connectivity index (χ1v) is 18.1. The summed E-state index contributed by atoms with van der Waals surface area (Å²) in [6.07, 6.45) is -1.30. The van der Waals surface area contributed by atoms with Crippen LogP contribution in [-0.4, -0.2) is 67.2 Å². The minimum absolute atomic E-state index is 0.0615. The maximum Gasteiger partial charge on any atom is 0.573 e. The Morgan fingerprint density at radius 2 is 1.79 bits per heavy atom. The topological polar surface area (TPSA) is 111 Å². The predicted molar refractivity (Wildman–Crippen MR) is 194 cm³/mol. The Balaban J connectivity index is 1.24. The Kier molecular flexibility index (Phi) is 11.0. The summed E-state index contributed by atoms with van der Waals surface area (Å²) in [6, 6.07) is 17.1. The van der Waals surface area contributed by atoms with Crippen molar-refractivity contribution in [3.63, 3.8) is 0 Å². The van der Waals surface area contributed by atoms with Gasteiger partial charge in [-0.25, -0.2) is 23.8 Å². The number of alkyl halides is 4. The molecule has 6 rings (SSSR count). The van der Waals surface area contributed by atoms with Gasteiger partial charge in [-0.3, -0.25) is 9.69 Å². The Morgan fingerprint density at radius 1 is 1.08 bits per heavy atom. The number of halogens is 4. The number of hydrogen-bond acceptors (Lipinski definition) is 9. The van der Waals surface area contributed by atoms with Gasteiger partial charge in [0.2, 0.25) is 5.50 Å². The fourth-order valence-corrected chi connectivity index (χ4v) is 7.19. The molecule has 10 nitrogen and oxygen atoms in total. The number of ether oxygens (including phenoxy) is 2. The zero-order chi connectivity index (χ0) is 37.2. The maximum absolute atomic E-state index is 15.0. The first-order chi connectivity index (χ1) is 24.8. The molecule has 1 aliphatic heterocycles. The third-order valence-corrected chi connectivity index (χ3v) is 10.2. The second kappa shape index (κ2) is 15.5. The molecular weight excluding hydrogens is 721 g/mol. The van der Waals surface area contributed by atoms with E-state index in [9.17, 15) is 22.8 Å². The van der Waals surface area contributed by atoms with Gasteiger partial charge in [-0.2, -0.15) is 4.99 Å². The van der Waals surface area contributed by atoms with Crippen molar-refractivity contribution in [1.29, 1.82) is 0 Å². The van der Waals surface area contributed by atoms with Crippen LogP contribution in [0.25, 0.3) is 17.1 Å². The van der Waals surface area contributed by atoms with Crippen molar-refractivity contribution in [2.24, 2.45) is 9.98 Å². The standard InChI is InChI=1S/C36H34F4N6O4S2/c1-20(2)27-16-5-21(3)17-29(27)46-32(47)30(37)52-35(46)43-34(51-26-14-15-26)42-28(33(48)49-4)18-22-6-8-23(9-7-22)31-41-19-45(44-31)24-10-12-25(13-11-24)50-36(38,39)40/h5-13,16-17,19-20,26,28,30H,14-15,18H2,1-4H3/b42-34?,43-35-. The lowest BCUT2D eigenvalue weighted by Crippen LogP contribution is -2.32. The lowest BCUT2D eigenvalue weighted by molar-refractivity contribution is -0.274. The molecule has 4 aromatic rings. The molecule has 1 aliphatic carbocycles. The molecule has 1 aromatic heterocycles. The largest absolute Gasteiger partial charge is 0.573 e. The summed E-state index contributed by atoms with van der Waals surface area (Å²) in [7, 11) is 1.28. The fourth-order valence-electron chi connectivity index (χ4n) is 5.31. The van der Waals surface area contributed by atoms with E-state index in [1.807, 2.05) is 39.0 Å². The smallest absolute Gasteiger partial charge is 0.467 e. The van der Waals surface area contributed by atoms with Crippen LogP contribution >= 0.6 is 23.5 Å². The zero-order valence-corrected chi connectivity index (χ0v) is 30.1. The Hall–Kier alpha value is -4.70. The predicted octanol–water partition coefficient (Wildman–Crippen LogP) is 8.03. The molecular formula is C36H34F4N6O4S2. The van der Waals surface area contributed by atoms with Gasteiger partial charge in [0.25, 0.3) is 5.91 Å². The van der Waals surface area contributed by atoms with Gasteiger partial charge in [-0.15, -0.1) is 18.3 Å². The monoisotopic (exact) mass is 754 g/mol. The minimum atomic E-state index is -4.79. The van der Waals surface area contributed by atoms with E-state index in [1.165, 1.54) is 59.0 Å². The molecule has 0 spiro atoms. The van der Waals surface area contributed by atoms with E-state index < -0.39 is 29.8 Å². The van der Waals surface area contributed by atoms with E-state index >= 15 is 4.39 Å². The van der Waals surface area contributed by atoms with Gasteiger partial charge in [0.15, 0.2) is 22.2 Å². The van der Waals surface area contributed by atoms with E-state index in [0.29, 0.717) is 34.5 Å². The van der Waals surface area contributed by atoms with Crippen molar-refractivity contribution in [2.45, 2.75) is 69.1 Å². The summed E-state index contributed by atoms with van der Waals surface area (Å²) >= 11 is 2.10. The second-order valence-electron chi connectivity index (χ2n) is 12.4. The van der Waals surface area contributed by atoms with Crippen LogP contribution < -0.4 is 9.64 Å². The number of thioether (sulfide) groups is 2. The maximum atomic E-state index is 15.0. The molecule has 1 amide bonds. The highest BCUT2D eigenvalue weighted by Gasteiger charge is 2.41. The quantitative estimate of drug-likeness (QED) is 0.0693. The number of amidine groups is 2. The first-order valence-electron chi connectivity index (χ1n) is 16.3. The number of aryl methyl sites for hydroxylation is 1. The van der Waals surface area contributed by atoms with Crippen molar-refractivity contribution in [3.8, 4) is 22.8 Å². The number of esters is 1. The summed E-state index contributed by atoms with van der Waals surface area (Å²) < 4.78 is 63.0. The average molecular weight is 755 g/mol. The van der Waals surface area contributed by atoms with Crippen LogP contribution in [0.1, 0.15) is 49.3 Å². The molecule has 2 aliphatic rings. The van der Waals surface area contributed by atoms with E-state index in [2.05, 4.69) is 14.8 Å². The van der Waals surface area contributed by atoms with Crippen LogP contribution in [0.4, 0.5) is 23.2 Å². The fraction of sp³-hybridized carbons (Fsp3) is 0.333. The molecule has 3 aromatic carbocycles. The van der Waals surface area contributed by atoms with Gasteiger partial charge >= 0.3 is 12.3 Å². The van der Waals surface area contributed by atoms with Crippen LogP contribution in [0.3, 0.4) is 0 Å². The summed E-state index contributed by atoms with van der Waals surface area (Å²) in [5.74, 6) is -1.22. The number of carbonyl (C=O) groups is 2. The van der Waals surface area contributed by atoms with E-state index in [4.69, 9.17) is 14.7 Å². The number of anilines is 1. The minimum Gasteiger partial charge on any atom is -0.467 e. The molecule has 0 bridgehead atoms. The summed E-state index contributed by atoms with van der Waals surface area (Å²) in [5, 5.41) is 5.09. The molecule has 2 atom stereocenters. The van der Waals surface area contributed by atoms with Gasteiger partial charge < -0.3 is 9.47 Å². The van der Waals surface area contributed by atoms with Crippen molar-refractivity contribution >= 4 is 51.4 Å². The van der Waals surface area contributed by atoms with Crippen LogP contribution in [0.2, 0.25) is 0 Å². The van der Waals surface area contributed by atoms with Crippen molar-refractivity contribution in [1.82, 2.24) is 14.8 Å². The second-order valence-corrected chi connectivity index (χ2v) is 14.7. The number of aliphatic imine (C=N–C) groups is 2. The highest BCUT2D eigenvalue weighted by molar-refractivity contribution is 8.17. The van der Waals surface area contributed by atoms with Crippen molar-refractivity contribution in [2.75, 3.05) is 12.0 Å². The third kappa shape index (κ3) is 9.02. The molecule has 0 N–H and O–H groups in total. The van der Waals surface area contributed by atoms with Gasteiger partial charge in [0.05, 0.1) is 18.5 Å². The Labute approximate surface area is 305 Å². The highest BCUT2D eigenvalue weighted by Crippen LogP contribution is 2.40. The SMILES string of the molecule is COC(=O)C(Cc1ccc(-c2ncn(-c3ccc(OC(F)(F)F)cc3)n2)cc1)N=C(/N=C1\SC(F)C(=O)N1c1cc(C)ccc1C(C)C)SC1CC1. The number of amides is 1. The van der Waals surface area contributed by atoms with E-state index in [1.54, 1.807) is 24.3 Å².